The maximum absolute atomic E-state index is 5.42. The van der Waals surface area contributed by atoms with Gasteiger partial charge in [-0.3, -0.25) is 4.90 Å². The van der Waals surface area contributed by atoms with E-state index < -0.39 is 0 Å². The summed E-state index contributed by atoms with van der Waals surface area (Å²) in [4.78, 5) is 2.55. The van der Waals surface area contributed by atoms with Gasteiger partial charge < -0.3 is 9.73 Å². The van der Waals surface area contributed by atoms with E-state index in [1.54, 1.807) is 0 Å². The van der Waals surface area contributed by atoms with E-state index in [4.69, 9.17) is 4.42 Å². The Morgan fingerprint density at radius 1 is 1.50 bits per heavy atom. The molecule has 1 heterocycles. The van der Waals surface area contributed by atoms with Crippen molar-refractivity contribution in [3.63, 3.8) is 0 Å². The normalized spacial score (nSPS) is 15.9. The molecule has 90 valence electrons. The van der Waals surface area contributed by atoms with Crippen LogP contribution in [0.5, 0.6) is 0 Å². The van der Waals surface area contributed by atoms with Crippen LogP contribution in [0.25, 0.3) is 0 Å². The van der Waals surface area contributed by atoms with Crippen LogP contribution in [0.4, 0.5) is 0 Å². The summed E-state index contributed by atoms with van der Waals surface area (Å²) < 4.78 is 6.22. The van der Waals surface area contributed by atoms with Crippen molar-refractivity contribution < 1.29 is 4.42 Å². The molecule has 2 rings (SSSR count). The third-order valence-corrected chi connectivity index (χ3v) is 3.40. The van der Waals surface area contributed by atoms with Crippen LogP contribution in [0.15, 0.2) is 21.2 Å². The van der Waals surface area contributed by atoms with E-state index in [0.29, 0.717) is 0 Å². The predicted molar refractivity (Wildman–Crippen MR) is 68.4 cm³/mol. The van der Waals surface area contributed by atoms with Crippen LogP contribution in [0.2, 0.25) is 0 Å². The molecular formula is C12H19BrN2O. The number of hydrogen-bond donors (Lipinski definition) is 1. The molecule has 0 bridgehead atoms. The second-order valence-electron chi connectivity index (χ2n) is 4.24. The molecular weight excluding hydrogens is 268 g/mol. The standard InChI is InChI=1S/C12H19BrN2O/c1-2-15(10-3-4-10)8-7-14-9-11-5-6-12(13)16-11/h5-6,10,14H,2-4,7-9H2,1H3. The van der Waals surface area contributed by atoms with Crippen molar-refractivity contribution in [1.29, 1.82) is 0 Å². The van der Waals surface area contributed by atoms with Crippen LogP contribution in [-0.4, -0.2) is 30.6 Å². The molecule has 0 radical (unpaired) electrons. The summed E-state index contributed by atoms with van der Waals surface area (Å²) in [6, 6.07) is 4.79. The minimum absolute atomic E-state index is 0.803. The molecule has 16 heavy (non-hydrogen) atoms. The summed E-state index contributed by atoms with van der Waals surface area (Å²) in [5, 5.41) is 3.41. The van der Waals surface area contributed by atoms with E-state index >= 15 is 0 Å². The lowest BCUT2D eigenvalue weighted by Crippen LogP contribution is -2.33. The van der Waals surface area contributed by atoms with Crippen LogP contribution < -0.4 is 5.32 Å². The van der Waals surface area contributed by atoms with Crippen LogP contribution >= 0.6 is 15.9 Å². The second kappa shape index (κ2) is 5.84. The molecule has 0 spiro atoms. The smallest absolute Gasteiger partial charge is 0.169 e. The van der Waals surface area contributed by atoms with Gasteiger partial charge in [0.15, 0.2) is 4.67 Å². The number of halogens is 1. The molecule has 0 atom stereocenters. The SMILES string of the molecule is CCN(CCNCc1ccc(Br)o1)C1CC1. The van der Waals surface area contributed by atoms with Gasteiger partial charge in [-0.05, 0) is 47.4 Å². The van der Waals surface area contributed by atoms with Crippen molar-refractivity contribution in [1.82, 2.24) is 10.2 Å². The quantitative estimate of drug-likeness (QED) is 0.781. The van der Waals surface area contributed by atoms with E-state index in [0.717, 1.165) is 36.1 Å². The topological polar surface area (TPSA) is 28.4 Å². The molecule has 0 aliphatic heterocycles. The average Bonchev–Trinajstić information content (AvgIpc) is 3.03. The van der Waals surface area contributed by atoms with Crippen LogP contribution in [0.1, 0.15) is 25.5 Å². The highest BCUT2D eigenvalue weighted by Crippen LogP contribution is 2.25. The third-order valence-electron chi connectivity index (χ3n) is 2.97. The molecule has 1 aromatic rings. The second-order valence-corrected chi connectivity index (χ2v) is 5.02. The minimum Gasteiger partial charge on any atom is -0.453 e. The Kier molecular flexibility index (Phi) is 4.44. The highest BCUT2D eigenvalue weighted by molar-refractivity contribution is 9.10. The van der Waals surface area contributed by atoms with E-state index in [1.165, 1.54) is 19.4 Å². The fraction of sp³-hybridized carbons (Fsp3) is 0.667. The first-order valence-corrected chi connectivity index (χ1v) is 6.78. The van der Waals surface area contributed by atoms with Gasteiger partial charge in [-0.25, -0.2) is 0 Å². The number of likely N-dealkylation sites (N-methyl/N-ethyl adjacent to an activating group) is 1. The van der Waals surface area contributed by atoms with Crippen molar-refractivity contribution in [3.8, 4) is 0 Å². The molecule has 0 saturated heterocycles. The highest BCUT2D eigenvalue weighted by Gasteiger charge is 2.26. The molecule has 0 amide bonds. The van der Waals surface area contributed by atoms with Crippen molar-refractivity contribution in [3.05, 3.63) is 22.6 Å². The Labute approximate surface area is 105 Å². The first-order valence-electron chi connectivity index (χ1n) is 5.98. The molecule has 1 aromatic heterocycles. The van der Waals surface area contributed by atoms with Crippen molar-refractivity contribution in [2.45, 2.75) is 32.4 Å². The molecule has 1 aliphatic carbocycles. The summed E-state index contributed by atoms with van der Waals surface area (Å²) in [6.45, 7) is 6.39. The lowest BCUT2D eigenvalue weighted by molar-refractivity contribution is 0.275. The lowest BCUT2D eigenvalue weighted by atomic mass is 10.4. The fourth-order valence-corrected chi connectivity index (χ4v) is 2.26. The van der Waals surface area contributed by atoms with Gasteiger partial charge >= 0.3 is 0 Å². The number of nitrogens with one attached hydrogen (secondary N) is 1. The first kappa shape index (κ1) is 12.1. The van der Waals surface area contributed by atoms with Crippen LogP contribution in [0.3, 0.4) is 0 Å². The number of hydrogen-bond acceptors (Lipinski definition) is 3. The monoisotopic (exact) mass is 286 g/mol. The third kappa shape index (κ3) is 3.61. The zero-order valence-electron chi connectivity index (χ0n) is 9.71. The Hall–Kier alpha value is -0.320. The number of nitrogens with zero attached hydrogens (tertiary/aromatic N) is 1. The summed E-state index contributed by atoms with van der Waals surface area (Å²) in [6.07, 6.45) is 2.78. The Bertz CT molecular complexity index is 323. The molecule has 0 unspecified atom stereocenters. The zero-order valence-corrected chi connectivity index (χ0v) is 11.3. The van der Waals surface area contributed by atoms with Crippen molar-refractivity contribution in [2.75, 3.05) is 19.6 Å². The molecule has 3 nitrogen and oxygen atoms in total. The summed E-state index contributed by atoms with van der Waals surface area (Å²) in [5.41, 5.74) is 0. The van der Waals surface area contributed by atoms with Crippen molar-refractivity contribution >= 4 is 15.9 Å². The van der Waals surface area contributed by atoms with Gasteiger partial charge in [0, 0.05) is 19.1 Å². The van der Waals surface area contributed by atoms with Gasteiger partial charge in [0.25, 0.3) is 0 Å². The van der Waals surface area contributed by atoms with Gasteiger partial charge in [0.2, 0.25) is 0 Å². The van der Waals surface area contributed by atoms with Gasteiger partial charge in [0.1, 0.15) is 5.76 Å². The molecule has 1 aliphatic rings. The number of rotatable bonds is 7. The Morgan fingerprint density at radius 3 is 2.88 bits per heavy atom. The molecule has 0 aromatic carbocycles. The fourth-order valence-electron chi connectivity index (χ4n) is 1.92. The summed E-state index contributed by atoms with van der Waals surface area (Å²) in [5.74, 6) is 0.987. The minimum atomic E-state index is 0.803. The largest absolute Gasteiger partial charge is 0.453 e. The predicted octanol–water partition coefficient (Wildman–Crippen LogP) is 2.62. The van der Waals surface area contributed by atoms with E-state index in [2.05, 4.69) is 33.1 Å². The average molecular weight is 287 g/mol. The van der Waals surface area contributed by atoms with Gasteiger partial charge in [-0.1, -0.05) is 6.92 Å². The Balaban J connectivity index is 1.60. The summed E-state index contributed by atoms with van der Waals surface area (Å²) >= 11 is 3.30. The van der Waals surface area contributed by atoms with E-state index in [1.807, 2.05) is 12.1 Å². The summed E-state index contributed by atoms with van der Waals surface area (Å²) in [7, 11) is 0. The lowest BCUT2D eigenvalue weighted by Gasteiger charge is -2.19. The maximum Gasteiger partial charge on any atom is 0.169 e. The number of furan rings is 1. The molecule has 1 N–H and O–H groups in total. The maximum atomic E-state index is 5.42. The van der Waals surface area contributed by atoms with Gasteiger partial charge in [-0.2, -0.15) is 0 Å². The molecule has 4 heteroatoms. The van der Waals surface area contributed by atoms with E-state index in [9.17, 15) is 0 Å². The highest BCUT2D eigenvalue weighted by atomic mass is 79.9. The van der Waals surface area contributed by atoms with Gasteiger partial charge in [0.05, 0.1) is 6.54 Å². The van der Waals surface area contributed by atoms with Gasteiger partial charge in [-0.15, -0.1) is 0 Å². The molecule has 1 fully saturated rings. The van der Waals surface area contributed by atoms with Crippen molar-refractivity contribution in [2.24, 2.45) is 0 Å². The van der Waals surface area contributed by atoms with Crippen LogP contribution in [0, 0.1) is 0 Å². The molecule has 1 saturated carbocycles. The van der Waals surface area contributed by atoms with E-state index in [-0.39, 0.29) is 0 Å². The zero-order chi connectivity index (χ0) is 11.4. The Morgan fingerprint density at radius 2 is 2.31 bits per heavy atom. The first-order chi connectivity index (χ1) is 7.79. The van der Waals surface area contributed by atoms with Crippen LogP contribution in [-0.2, 0) is 6.54 Å².